The molecule has 2 aromatic rings. The van der Waals surface area contributed by atoms with Crippen LogP contribution in [0, 0.1) is 0 Å². The van der Waals surface area contributed by atoms with Crippen LogP contribution in [0.15, 0.2) is 35.7 Å². The third-order valence-electron chi connectivity index (χ3n) is 4.36. The maximum atomic E-state index is 12.4. The first-order valence-corrected chi connectivity index (χ1v) is 9.16. The molecule has 1 amide bonds. The fourth-order valence-electron chi connectivity index (χ4n) is 2.69. The Hall–Kier alpha value is -2.34. The molecule has 0 saturated carbocycles. The van der Waals surface area contributed by atoms with E-state index in [0.717, 1.165) is 4.88 Å². The van der Waals surface area contributed by atoms with E-state index >= 15 is 0 Å². The van der Waals surface area contributed by atoms with E-state index in [9.17, 15) is 9.59 Å². The standard InChI is InChI=1S/C19H21NO4S/c1-13(18-4-3-11-25-18)20(2)19(22)8-6-15(21)14-5-7-16-17(12-14)24-10-9-23-16/h3-5,7,11-13H,6,8-10H2,1-2H3/t13-/m0/s1. The van der Waals surface area contributed by atoms with E-state index in [1.165, 1.54) is 0 Å². The summed E-state index contributed by atoms with van der Waals surface area (Å²) < 4.78 is 11.0. The van der Waals surface area contributed by atoms with Gasteiger partial charge in [0, 0.05) is 30.3 Å². The molecule has 1 aromatic carbocycles. The number of carbonyl (C=O) groups excluding carboxylic acids is 2. The lowest BCUT2D eigenvalue weighted by molar-refractivity contribution is -0.131. The number of rotatable bonds is 6. The summed E-state index contributed by atoms with van der Waals surface area (Å²) in [6, 6.07) is 9.16. The highest BCUT2D eigenvalue weighted by Crippen LogP contribution is 2.31. The van der Waals surface area contributed by atoms with Gasteiger partial charge in [0.15, 0.2) is 17.3 Å². The van der Waals surface area contributed by atoms with Crippen LogP contribution in [0.5, 0.6) is 11.5 Å². The van der Waals surface area contributed by atoms with Crippen molar-refractivity contribution in [3.8, 4) is 11.5 Å². The fourth-order valence-corrected chi connectivity index (χ4v) is 3.52. The van der Waals surface area contributed by atoms with Crippen LogP contribution in [0.1, 0.15) is 41.0 Å². The van der Waals surface area contributed by atoms with Crippen LogP contribution in [-0.2, 0) is 4.79 Å². The normalized spacial score (nSPS) is 14.0. The van der Waals surface area contributed by atoms with Gasteiger partial charge < -0.3 is 14.4 Å². The van der Waals surface area contributed by atoms with Crippen molar-refractivity contribution < 1.29 is 19.1 Å². The minimum absolute atomic E-state index is 0.0110. The van der Waals surface area contributed by atoms with Gasteiger partial charge in [-0.1, -0.05) is 6.07 Å². The number of hydrogen-bond acceptors (Lipinski definition) is 5. The van der Waals surface area contributed by atoms with Crippen LogP contribution in [-0.4, -0.2) is 36.9 Å². The fraction of sp³-hybridized carbons (Fsp3) is 0.368. The molecule has 1 aliphatic heterocycles. The Balaban J connectivity index is 1.57. The van der Waals surface area contributed by atoms with Crippen LogP contribution in [0.4, 0.5) is 0 Å². The van der Waals surface area contributed by atoms with Crippen molar-refractivity contribution in [2.45, 2.75) is 25.8 Å². The van der Waals surface area contributed by atoms with Gasteiger partial charge in [-0.2, -0.15) is 0 Å². The molecule has 0 radical (unpaired) electrons. The Bertz CT molecular complexity index is 757. The van der Waals surface area contributed by atoms with Crippen molar-refractivity contribution in [1.29, 1.82) is 0 Å². The molecule has 1 aromatic heterocycles. The third-order valence-corrected chi connectivity index (χ3v) is 5.40. The van der Waals surface area contributed by atoms with Gasteiger partial charge in [0.25, 0.3) is 0 Å². The first-order chi connectivity index (χ1) is 12.1. The summed E-state index contributed by atoms with van der Waals surface area (Å²) in [5, 5.41) is 2.00. The quantitative estimate of drug-likeness (QED) is 0.738. The monoisotopic (exact) mass is 359 g/mol. The molecule has 1 aliphatic rings. The average molecular weight is 359 g/mol. The molecule has 5 nitrogen and oxygen atoms in total. The van der Waals surface area contributed by atoms with Crippen LogP contribution < -0.4 is 9.47 Å². The second-order valence-electron chi connectivity index (χ2n) is 5.98. The second-order valence-corrected chi connectivity index (χ2v) is 6.96. The smallest absolute Gasteiger partial charge is 0.223 e. The lowest BCUT2D eigenvalue weighted by atomic mass is 10.0. The number of hydrogen-bond donors (Lipinski definition) is 0. The number of nitrogens with zero attached hydrogens (tertiary/aromatic N) is 1. The maximum absolute atomic E-state index is 12.4. The maximum Gasteiger partial charge on any atom is 0.223 e. The molecule has 0 unspecified atom stereocenters. The Morgan fingerprint density at radius 3 is 2.64 bits per heavy atom. The minimum Gasteiger partial charge on any atom is -0.486 e. The predicted molar refractivity (Wildman–Crippen MR) is 96.5 cm³/mol. The zero-order valence-electron chi connectivity index (χ0n) is 14.4. The minimum atomic E-state index is -0.0671. The Morgan fingerprint density at radius 1 is 1.16 bits per heavy atom. The van der Waals surface area contributed by atoms with Crippen molar-refractivity contribution in [1.82, 2.24) is 4.90 Å². The molecular weight excluding hydrogens is 338 g/mol. The average Bonchev–Trinajstić information content (AvgIpc) is 3.18. The molecule has 0 aliphatic carbocycles. The first-order valence-electron chi connectivity index (χ1n) is 8.28. The van der Waals surface area contributed by atoms with Gasteiger partial charge in [0.05, 0.1) is 6.04 Å². The van der Waals surface area contributed by atoms with E-state index in [-0.39, 0.29) is 30.6 Å². The van der Waals surface area contributed by atoms with Crippen molar-refractivity contribution in [3.63, 3.8) is 0 Å². The number of carbonyl (C=O) groups is 2. The predicted octanol–water partition coefficient (Wildman–Crippen LogP) is 3.70. The SMILES string of the molecule is C[C@@H](c1cccs1)N(C)C(=O)CCC(=O)c1ccc2c(c1)OCCO2. The summed E-state index contributed by atoms with van der Waals surface area (Å²) in [6.07, 6.45) is 0.374. The molecule has 25 heavy (non-hydrogen) atoms. The molecule has 2 heterocycles. The number of benzene rings is 1. The van der Waals surface area contributed by atoms with Gasteiger partial charge >= 0.3 is 0 Å². The third kappa shape index (κ3) is 4.02. The highest BCUT2D eigenvalue weighted by Gasteiger charge is 2.20. The van der Waals surface area contributed by atoms with E-state index in [2.05, 4.69) is 0 Å². The van der Waals surface area contributed by atoms with Crippen LogP contribution in [0.2, 0.25) is 0 Å². The first kappa shape index (κ1) is 17.5. The zero-order valence-corrected chi connectivity index (χ0v) is 15.2. The van der Waals surface area contributed by atoms with Crippen molar-refractivity contribution >= 4 is 23.0 Å². The zero-order chi connectivity index (χ0) is 17.8. The summed E-state index contributed by atoms with van der Waals surface area (Å²) >= 11 is 1.62. The van der Waals surface area contributed by atoms with Gasteiger partial charge in [-0.15, -0.1) is 11.3 Å². The van der Waals surface area contributed by atoms with Crippen molar-refractivity contribution in [2.24, 2.45) is 0 Å². The molecule has 0 spiro atoms. The summed E-state index contributed by atoms with van der Waals surface area (Å²) in [5.74, 6) is 1.14. The molecule has 6 heteroatoms. The molecule has 3 rings (SSSR count). The number of Topliss-reactive ketones (excluding diaryl/α,β-unsaturated/α-hetero) is 1. The van der Waals surface area contributed by atoms with E-state index in [4.69, 9.17) is 9.47 Å². The summed E-state index contributed by atoms with van der Waals surface area (Å²) in [6.45, 7) is 2.99. The molecule has 0 fully saturated rings. The molecular formula is C19H21NO4S. The molecule has 0 saturated heterocycles. The summed E-state index contributed by atoms with van der Waals surface area (Å²) in [5.41, 5.74) is 0.547. The van der Waals surface area contributed by atoms with E-state index in [0.29, 0.717) is 30.3 Å². The van der Waals surface area contributed by atoms with E-state index in [1.807, 2.05) is 24.4 Å². The Labute approximate surface area is 151 Å². The topological polar surface area (TPSA) is 55.8 Å². The van der Waals surface area contributed by atoms with Crippen LogP contribution in [0.25, 0.3) is 0 Å². The number of thiophene rings is 1. The van der Waals surface area contributed by atoms with Crippen molar-refractivity contribution in [2.75, 3.05) is 20.3 Å². The summed E-state index contributed by atoms with van der Waals surface area (Å²) in [7, 11) is 1.78. The molecule has 0 N–H and O–H groups in total. The van der Waals surface area contributed by atoms with Gasteiger partial charge in [-0.3, -0.25) is 9.59 Å². The van der Waals surface area contributed by atoms with Crippen LogP contribution in [0.3, 0.4) is 0 Å². The number of fused-ring (bicyclic) bond motifs is 1. The molecule has 132 valence electrons. The van der Waals surface area contributed by atoms with E-state index < -0.39 is 0 Å². The highest BCUT2D eigenvalue weighted by molar-refractivity contribution is 7.10. The molecule has 0 bridgehead atoms. The van der Waals surface area contributed by atoms with Gasteiger partial charge in [0.1, 0.15) is 13.2 Å². The van der Waals surface area contributed by atoms with Crippen molar-refractivity contribution in [3.05, 3.63) is 46.2 Å². The number of ether oxygens (including phenoxy) is 2. The summed E-state index contributed by atoms with van der Waals surface area (Å²) in [4.78, 5) is 27.6. The molecule has 1 atom stereocenters. The highest BCUT2D eigenvalue weighted by atomic mass is 32.1. The lowest BCUT2D eigenvalue weighted by Crippen LogP contribution is -2.29. The number of ketones is 1. The number of amides is 1. The van der Waals surface area contributed by atoms with Gasteiger partial charge in [-0.05, 0) is 36.6 Å². The van der Waals surface area contributed by atoms with Gasteiger partial charge in [0.2, 0.25) is 5.91 Å². The largest absolute Gasteiger partial charge is 0.486 e. The lowest BCUT2D eigenvalue weighted by Gasteiger charge is -2.24. The van der Waals surface area contributed by atoms with Gasteiger partial charge in [-0.25, -0.2) is 0 Å². The van der Waals surface area contributed by atoms with E-state index in [1.54, 1.807) is 41.5 Å². The Morgan fingerprint density at radius 2 is 1.92 bits per heavy atom. The Kier molecular flexibility index (Phi) is 5.38. The second kappa shape index (κ2) is 7.70. The van der Waals surface area contributed by atoms with Crippen LogP contribution >= 0.6 is 11.3 Å².